The maximum atomic E-state index is 13.1. The van der Waals surface area contributed by atoms with Gasteiger partial charge in [-0.1, -0.05) is 78.9 Å². The topological polar surface area (TPSA) is 52.6 Å². The molecule has 5 aromatic carbocycles. The number of rotatable bonds is 4. The van der Waals surface area contributed by atoms with Crippen molar-refractivity contribution < 1.29 is 19.1 Å². The average Bonchev–Trinajstić information content (AvgIpc) is 2.94. The molecule has 4 heteroatoms. The van der Waals surface area contributed by atoms with Crippen molar-refractivity contribution >= 4 is 39.6 Å². The maximum Gasteiger partial charge on any atom is 0.338 e. The van der Waals surface area contributed by atoms with E-state index in [1.165, 1.54) is 0 Å². The summed E-state index contributed by atoms with van der Waals surface area (Å²) in [5.41, 5.74) is 2.61. The van der Waals surface area contributed by atoms with E-state index >= 15 is 0 Å². The van der Waals surface area contributed by atoms with Crippen molar-refractivity contribution in [1.82, 2.24) is 0 Å². The minimum absolute atomic E-state index is 0.438. The Bertz CT molecular complexity index is 1620. The summed E-state index contributed by atoms with van der Waals surface area (Å²) in [5.74, 6) is -0.942. The molecule has 0 aromatic heterocycles. The molecule has 0 heterocycles. The van der Waals surface area contributed by atoms with Crippen LogP contribution in [0.1, 0.15) is 37.9 Å². The van der Waals surface area contributed by atoms with Gasteiger partial charge in [-0.2, -0.15) is 0 Å². The molecule has 1 aliphatic carbocycles. The van der Waals surface area contributed by atoms with Crippen molar-refractivity contribution in [3.8, 4) is 0 Å². The van der Waals surface area contributed by atoms with Gasteiger partial charge in [-0.15, -0.1) is 0 Å². The van der Waals surface area contributed by atoms with Crippen LogP contribution in [-0.2, 0) is 9.47 Å². The molecule has 36 heavy (non-hydrogen) atoms. The fourth-order valence-electron chi connectivity index (χ4n) is 4.71. The van der Waals surface area contributed by atoms with Gasteiger partial charge in [0.15, 0.2) is 12.2 Å². The number of esters is 2. The fourth-order valence-corrected chi connectivity index (χ4v) is 4.71. The van der Waals surface area contributed by atoms with Gasteiger partial charge < -0.3 is 9.47 Å². The predicted octanol–water partition coefficient (Wildman–Crippen LogP) is 7.14. The molecule has 2 atom stereocenters. The molecule has 0 fully saturated rings. The van der Waals surface area contributed by atoms with E-state index in [2.05, 4.69) is 30.3 Å². The highest BCUT2D eigenvalue weighted by Gasteiger charge is 2.33. The average molecular weight is 471 g/mol. The van der Waals surface area contributed by atoms with Crippen molar-refractivity contribution in [2.24, 2.45) is 0 Å². The first kappa shape index (κ1) is 21.8. The Kier molecular flexibility index (Phi) is 5.55. The lowest BCUT2D eigenvalue weighted by Crippen LogP contribution is -2.30. The maximum absolute atomic E-state index is 13.1. The monoisotopic (exact) mass is 470 g/mol. The summed E-state index contributed by atoms with van der Waals surface area (Å²) in [6, 6.07) is 34.2. The van der Waals surface area contributed by atoms with Crippen LogP contribution in [0.3, 0.4) is 0 Å². The van der Waals surface area contributed by atoms with Gasteiger partial charge in [-0.25, -0.2) is 9.59 Å². The molecule has 4 nitrogen and oxygen atoms in total. The largest absolute Gasteiger partial charge is 0.450 e. The Morgan fingerprint density at radius 3 is 1.92 bits per heavy atom. The predicted molar refractivity (Wildman–Crippen MR) is 141 cm³/mol. The number of ether oxygens (including phenoxy) is 2. The lowest BCUT2D eigenvalue weighted by Gasteiger charge is -2.30. The normalized spacial score (nSPS) is 16.4. The molecular formula is C32H22O4. The summed E-state index contributed by atoms with van der Waals surface area (Å²) in [4.78, 5) is 26.0. The molecule has 1 aliphatic rings. The van der Waals surface area contributed by atoms with Crippen molar-refractivity contribution in [2.45, 2.75) is 12.2 Å². The summed E-state index contributed by atoms with van der Waals surface area (Å²) in [6.45, 7) is 0. The summed E-state index contributed by atoms with van der Waals surface area (Å²) in [7, 11) is 0. The molecule has 0 unspecified atom stereocenters. The second-order valence-corrected chi connectivity index (χ2v) is 8.78. The van der Waals surface area contributed by atoms with Crippen LogP contribution in [0.15, 0.2) is 115 Å². The second kappa shape index (κ2) is 9.16. The Morgan fingerprint density at radius 2 is 1.19 bits per heavy atom. The zero-order chi connectivity index (χ0) is 24.5. The second-order valence-electron chi connectivity index (χ2n) is 8.78. The minimum Gasteiger partial charge on any atom is -0.450 e. The molecule has 0 aliphatic heterocycles. The van der Waals surface area contributed by atoms with Crippen LogP contribution >= 0.6 is 0 Å². The first-order valence-electron chi connectivity index (χ1n) is 11.8. The van der Waals surface area contributed by atoms with Crippen molar-refractivity contribution in [2.75, 3.05) is 0 Å². The highest BCUT2D eigenvalue weighted by molar-refractivity contribution is 6.08. The van der Waals surface area contributed by atoms with Crippen molar-refractivity contribution in [3.63, 3.8) is 0 Å². The van der Waals surface area contributed by atoms with Crippen LogP contribution in [-0.4, -0.2) is 18.0 Å². The molecule has 0 spiro atoms. The molecule has 0 amide bonds. The third-order valence-corrected chi connectivity index (χ3v) is 6.52. The number of hydrogen-bond donors (Lipinski definition) is 0. The van der Waals surface area contributed by atoms with Crippen LogP contribution in [0, 0.1) is 0 Å². The molecule has 0 saturated carbocycles. The van der Waals surface area contributed by atoms with Gasteiger partial charge in [0.2, 0.25) is 0 Å². The first-order valence-corrected chi connectivity index (χ1v) is 11.8. The van der Waals surface area contributed by atoms with Gasteiger partial charge in [0.1, 0.15) is 0 Å². The highest BCUT2D eigenvalue weighted by atomic mass is 16.6. The fraction of sp³-hybridized carbons (Fsp3) is 0.0625. The Hall–Kier alpha value is -4.70. The molecule has 174 valence electrons. The Morgan fingerprint density at radius 1 is 0.583 bits per heavy atom. The summed E-state index contributed by atoms with van der Waals surface area (Å²) in [6.07, 6.45) is 2.17. The summed E-state index contributed by atoms with van der Waals surface area (Å²) < 4.78 is 11.9. The van der Waals surface area contributed by atoms with Crippen molar-refractivity contribution in [3.05, 3.63) is 138 Å². The standard InChI is InChI=1S/C32H22O4/c33-31(22-10-3-1-4-11-22)35-29-18-17-25-19-27-24(16-15-21-9-7-8-14-26(21)27)20-28(25)30(29)36-32(34)23-12-5-2-6-13-23/h1-20,29-30H/t29-,30+/m1/s1. The highest BCUT2D eigenvalue weighted by Crippen LogP contribution is 2.38. The Labute approximate surface area is 208 Å². The molecule has 0 saturated heterocycles. The number of fused-ring (bicyclic) bond motifs is 4. The third-order valence-electron chi connectivity index (χ3n) is 6.52. The Balaban J connectivity index is 1.42. The van der Waals surface area contributed by atoms with Crippen LogP contribution < -0.4 is 0 Å². The number of hydrogen-bond acceptors (Lipinski definition) is 4. The SMILES string of the molecule is O=C(O[C@@H]1C=Cc2cc3c(ccc4ccccc43)cc2[C@@H]1OC(=O)c1ccccc1)c1ccccc1. The van der Waals surface area contributed by atoms with Gasteiger partial charge >= 0.3 is 11.9 Å². The summed E-state index contributed by atoms with van der Waals surface area (Å²) >= 11 is 0. The van der Waals surface area contributed by atoms with Gasteiger partial charge in [-0.05, 0) is 69.6 Å². The zero-order valence-electron chi connectivity index (χ0n) is 19.3. The third kappa shape index (κ3) is 4.03. The molecule has 0 N–H and O–H groups in total. The van der Waals surface area contributed by atoms with E-state index < -0.39 is 24.1 Å². The molecule has 0 bridgehead atoms. The first-order chi connectivity index (χ1) is 17.7. The van der Waals surface area contributed by atoms with E-state index in [9.17, 15) is 9.59 Å². The van der Waals surface area contributed by atoms with Crippen molar-refractivity contribution in [1.29, 1.82) is 0 Å². The quantitative estimate of drug-likeness (QED) is 0.207. The molecule has 0 radical (unpaired) electrons. The van der Waals surface area contributed by atoms with Crippen LogP contribution in [0.4, 0.5) is 0 Å². The number of carbonyl (C=O) groups excluding carboxylic acids is 2. The van der Waals surface area contributed by atoms with Crippen LogP contribution in [0.5, 0.6) is 0 Å². The van der Waals surface area contributed by atoms with E-state index in [0.29, 0.717) is 11.1 Å². The number of benzene rings is 5. The smallest absolute Gasteiger partial charge is 0.338 e. The van der Waals surface area contributed by atoms with E-state index in [4.69, 9.17) is 9.47 Å². The summed E-state index contributed by atoms with van der Waals surface area (Å²) in [5, 5.41) is 4.45. The van der Waals surface area contributed by atoms with E-state index in [1.54, 1.807) is 54.6 Å². The molecular weight excluding hydrogens is 448 g/mol. The van der Waals surface area contributed by atoms with Crippen LogP contribution in [0.25, 0.3) is 27.6 Å². The molecule has 6 rings (SSSR count). The lowest BCUT2D eigenvalue weighted by molar-refractivity contribution is -0.0228. The van der Waals surface area contributed by atoms with Crippen LogP contribution in [0.2, 0.25) is 0 Å². The molecule has 5 aromatic rings. The zero-order valence-corrected chi connectivity index (χ0v) is 19.3. The lowest BCUT2D eigenvalue weighted by atomic mass is 9.88. The van der Waals surface area contributed by atoms with Gasteiger partial charge in [-0.3, -0.25) is 0 Å². The van der Waals surface area contributed by atoms with Gasteiger partial charge in [0.05, 0.1) is 11.1 Å². The number of carbonyl (C=O) groups is 2. The van der Waals surface area contributed by atoms with E-state index in [1.807, 2.05) is 36.4 Å². The van der Waals surface area contributed by atoms with Gasteiger partial charge in [0.25, 0.3) is 0 Å². The van der Waals surface area contributed by atoms with E-state index in [0.717, 1.165) is 32.7 Å². The van der Waals surface area contributed by atoms with Gasteiger partial charge in [0, 0.05) is 5.56 Å². The van der Waals surface area contributed by atoms with E-state index in [-0.39, 0.29) is 0 Å². The minimum atomic E-state index is -0.791.